The maximum absolute atomic E-state index is 12.0. The third-order valence-electron chi connectivity index (χ3n) is 4.42. The molecule has 1 fully saturated rings. The third-order valence-corrected chi connectivity index (χ3v) is 6.24. The van der Waals surface area contributed by atoms with Gasteiger partial charge in [-0.3, -0.25) is 0 Å². The second-order valence-corrected chi connectivity index (χ2v) is 8.96. The zero-order chi connectivity index (χ0) is 20.9. The van der Waals surface area contributed by atoms with Gasteiger partial charge in [-0.05, 0) is 56.0 Å². The number of anilines is 2. The number of carbonyl (C=O) groups excluding carboxylic acids is 2. The minimum atomic E-state index is -3.53. The van der Waals surface area contributed by atoms with Gasteiger partial charge in [0.2, 0.25) is 10.0 Å². The van der Waals surface area contributed by atoms with Crippen molar-refractivity contribution in [2.75, 3.05) is 17.2 Å². The molecule has 0 spiro atoms. The van der Waals surface area contributed by atoms with E-state index in [0.29, 0.717) is 37.2 Å². The van der Waals surface area contributed by atoms with E-state index < -0.39 is 21.3 Å². The first kappa shape index (κ1) is 20.7. The van der Waals surface area contributed by atoms with Gasteiger partial charge in [-0.15, -0.1) is 0 Å². The van der Waals surface area contributed by atoms with Gasteiger partial charge in [0.15, 0.2) is 0 Å². The van der Waals surface area contributed by atoms with E-state index in [0.717, 1.165) is 11.1 Å². The van der Waals surface area contributed by atoms with Gasteiger partial charge in [0.1, 0.15) is 0 Å². The summed E-state index contributed by atoms with van der Waals surface area (Å²) in [4.78, 5) is 23.7. The monoisotopic (exact) mass is 416 g/mol. The Bertz CT molecular complexity index is 969. The third kappa shape index (κ3) is 6.49. The first-order chi connectivity index (χ1) is 13.8. The molecule has 29 heavy (non-hydrogen) atoms. The lowest BCUT2D eigenvalue weighted by Gasteiger charge is -2.10. The van der Waals surface area contributed by atoms with E-state index >= 15 is 0 Å². The van der Waals surface area contributed by atoms with Crippen molar-refractivity contribution in [1.29, 1.82) is 0 Å². The molecular formula is C20H24N4O4S. The molecule has 2 aromatic rings. The molecule has 1 aliphatic rings. The molecule has 0 bridgehead atoms. The van der Waals surface area contributed by atoms with Crippen LogP contribution in [-0.2, 0) is 16.4 Å². The molecule has 0 aliphatic heterocycles. The number of sulfonamides is 1. The van der Waals surface area contributed by atoms with Crippen molar-refractivity contribution >= 4 is 33.5 Å². The average molecular weight is 417 g/mol. The molecule has 9 heteroatoms. The summed E-state index contributed by atoms with van der Waals surface area (Å²) in [7, 11) is -3.53. The Hall–Kier alpha value is -3.07. The lowest BCUT2D eigenvalue weighted by atomic mass is 10.1. The van der Waals surface area contributed by atoms with Gasteiger partial charge in [-0.1, -0.05) is 29.8 Å². The molecule has 8 nitrogen and oxygen atoms in total. The van der Waals surface area contributed by atoms with Crippen LogP contribution in [0.5, 0.6) is 0 Å². The summed E-state index contributed by atoms with van der Waals surface area (Å²) in [5.74, 6) is 0. The number of hydrogen-bond acceptors (Lipinski definition) is 4. The Morgan fingerprint density at radius 1 is 0.897 bits per heavy atom. The molecule has 0 heterocycles. The molecule has 2 aromatic carbocycles. The smallest absolute Gasteiger partial charge is 0.328 e. The van der Waals surface area contributed by atoms with E-state index in [1.807, 2.05) is 48.0 Å². The van der Waals surface area contributed by atoms with Crippen LogP contribution in [-0.4, -0.2) is 32.3 Å². The fraction of sp³-hybridized carbons (Fsp3) is 0.300. The molecule has 154 valence electrons. The fourth-order valence-electron chi connectivity index (χ4n) is 2.63. The van der Waals surface area contributed by atoms with E-state index in [1.54, 1.807) is 12.1 Å². The fourth-order valence-corrected chi connectivity index (χ4v) is 3.89. The van der Waals surface area contributed by atoms with Gasteiger partial charge in [0, 0.05) is 17.9 Å². The number of benzene rings is 2. The highest BCUT2D eigenvalue weighted by atomic mass is 32.2. The van der Waals surface area contributed by atoms with Gasteiger partial charge in [-0.2, -0.15) is 0 Å². The number of hydrogen-bond donors (Lipinski definition) is 4. The zero-order valence-electron chi connectivity index (χ0n) is 16.1. The molecule has 4 N–H and O–H groups in total. The molecule has 1 saturated carbocycles. The lowest BCUT2D eigenvalue weighted by molar-refractivity contribution is 0.246. The zero-order valence-corrected chi connectivity index (χ0v) is 16.9. The number of rotatable bonds is 7. The van der Waals surface area contributed by atoms with Crippen LogP contribution in [0.15, 0.2) is 48.5 Å². The lowest BCUT2D eigenvalue weighted by Crippen LogP contribution is -2.41. The molecule has 3 rings (SSSR count). The number of carbonyl (C=O) groups is 2. The largest absolute Gasteiger partial charge is 0.337 e. The molecule has 0 unspecified atom stereocenters. The van der Waals surface area contributed by atoms with E-state index in [2.05, 4.69) is 16.0 Å². The van der Waals surface area contributed by atoms with Crippen molar-refractivity contribution < 1.29 is 18.0 Å². The second kappa shape index (κ2) is 8.95. The van der Waals surface area contributed by atoms with Gasteiger partial charge in [0.25, 0.3) is 0 Å². The second-order valence-electron chi connectivity index (χ2n) is 6.99. The van der Waals surface area contributed by atoms with E-state index in [1.165, 1.54) is 0 Å². The normalized spacial score (nSPS) is 13.4. The molecule has 0 radical (unpaired) electrons. The van der Waals surface area contributed by atoms with Gasteiger partial charge in [-0.25, -0.2) is 22.7 Å². The maximum atomic E-state index is 12.0. The van der Waals surface area contributed by atoms with Crippen molar-refractivity contribution in [3.05, 3.63) is 59.7 Å². The van der Waals surface area contributed by atoms with E-state index in [-0.39, 0.29) is 6.03 Å². The average Bonchev–Trinajstić information content (AvgIpc) is 3.50. The Kier molecular flexibility index (Phi) is 6.38. The van der Waals surface area contributed by atoms with Crippen LogP contribution in [0.3, 0.4) is 0 Å². The number of aryl methyl sites for hydroxylation is 1. The Morgan fingerprint density at radius 2 is 1.45 bits per heavy atom. The first-order valence-electron chi connectivity index (χ1n) is 9.35. The van der Waals surface area contributed by atoms with Gasteiger partial charge < -0.3 is 16.0 Å². The highest BCUT2D eigenvalue weighted by Crippen LogP contribution is 2.27. The van der Waals surface area contributed by atoms with Crippen molar-refractivity contribution in [3.63, 3.8) is 0 Å². The Balaban J connectivity index is 1.40. The molecule has 0 saturated heterocycles. The van der Waals surface area contributed by atoms with Gasteiger partial charge in [0.05, 0.1) is 5.25 Å². The quantitative estimate of drug-likeness (QED) is 0.555. The van der Waals surface area contributed by atoms with Gasteiger partial charge >= 0.3 is 12.1 Å². The molecule has 4 amide bonds. The Labute approximate surface area is 170 Å². The van der Waals surface area contributed by atoms with Crippen LogP contribution in [0.2, 0.25) is 0 Å². The van der Waals surface area contributed by atoms with Crippen LogP contribution in [0.25, 0.3) is 0 Å². The SMILES string of the molecule is Cc1ccc(NC(=O)Nc2ccc(CCNC(=O)NS(=O)(=O)C3CC3)cc2)cc1. The van der Waals surface area contributed by atoms with Crippen molar-refractivity contribution in [2.24, 2.45) is 0 Å². The molecule has 1 aliphatic carbocycles. The van der Waals surface area contributed by atoms with Crippen LogP contribution in [0.4, 0.5) is 21.0 Å². The maximum Gasteiger partial charge on any atom is 0.328 e. The van der Waals surface area contributed by atoms with Crippen LogP contribution in [0, 0.1) is 6.92 Å². The summed E-state index contributed by atoms with van der Waals surface area (Å²) in [5.41, 5.74) is 3.40. The van der Waals surface area contributed by atoms with Crippen LogP contribution < -0.4 is 20.7 Å². The number of nitrogens with one attached hydrogen (secondary N) is 4. The predicted molar refractivity (Wildman–Crippen MR) is 112 cm³/mol. The predicted octanol–water partition coefficient (Wildman–Crippen LogP) is 2.97. The number of urea groups is 2. The summed E-state index contributed by atoms with van der Waals surface area (Å²) >= 11 is 0. The van der Waals surface area contributed by atoms with Crippen molar-refractivity contribution in [3.8, 4) is 0 Å². The van der Waals surface area contributed by atoms with Crippen molar-refractivity contribution in [1.82, 2.24) is 10.0 Å². The topological polar surface area (TPSA) is 116 Å². The van der Waals surface area contributed by atoms with E-state index in [4.69, 9.17) is 0 Å². The highest BCUT2D eigenvalue weighted by Gasteiger charge is 2.36. The molecule has 0 atom stereocenters. The van der Waals surface area contributed by atoms with Crippen molar-refractivity contribution in [2.45, 2.75) is 31.4 Å². The minimum Gasteiger partial charge on any atom is -0.337 e. The molecular weight excluding hydrogens is 392 g/mol. The first-order valence-corrected chi connectivity index (χ1v) is 10.9. The highest BCUT2D eigenvalue weighted by molar-refractivity contribution is 7.90. The molecule has 0 aromatic heterocycles. The summed E-state index contributed by atoms with van der Waals surface area (Å²) < 4.78 is 25.4. The summed E-state index contributed by atoms with van der Waals surface area (Å²) in [6, 6.07) is 13.7. The van der Waals surface area contributed by atoms with E-state index in [9.17, 15) is 18.0 Å². The standard InChI is InChI=1S/C20H24N4O4S/c1-14-2-6-16(7-3-14)22-20(26)23-17-8-4-15(5-9-17)12-13-21-19(25)24-29(27,28)18-10-11-18/h2-9,18H,10-13H2,1H3,(H2,21,24,25)(H2,22,23,26). The minimum absolute atomic E-state index is 0.298. The van der Waals surface area contributed by atoms with Crippen LogP contribution >= 0.6 is 0 Å². The Morgan fingerprint density at radius 3 is 2.00 bits per heavy atom. The summed E-state index contributed by atoms with van der Waals surface area (Å²) in [5, 5.41) is 7.61. The van der Waals surface area contributed by atoms with Crippen LogP contribution in [0.1, 0.15) is 24.0 Å². The number of amides is 4. The summed E-state index contributed by atoms with van der Waals surface area (Å²) in [6.07, 6.45) is 1.74. The summed E-state index contributed by atoms with van der Waals surface area (Å²) in [6.45, 7) is 2.27.